The van der Waals surface area contributed by atoms with Crippen LogP contribution in [0.5, 0.6) is 0 Å². The minimum absolute atomic E-state index is 0.367. The van der Waals surface area contributed by atoms with Crippen LogP contribution in [-0.2, 0) is 11.2 Å². The average molecular weight is 346 g/mol. The molecule has 0 unspecified atom stereocenters. The SMILES string of the molecule is CCc1c(-c2ccc(Br)s2)sc(C(=O)OC)c1N. The van der Waals surface area contributed by atoms with Gasteiger partial charge in [-0.05, 0) is 40.0 Å². The van der Waals surface area contributed by atoms with Crippen molar-refractivity contribution in [1.29, 1.82) is 0 Å². The van der Waals surface area contributed by atoms with Crippen molar-refractivity contribution in [2.45, 2.75) is 13.3 Å². The maximum atomic E-state index is 11.7. The van der Waals surface area contributed by atoms with Crippen LogP contribution in [-0.4, -0.2) is 13.1 Å². The van der Waals surface area contributed by atoms with E-state index in [1.165, 1.54) is 18.4 Å². The molecule has 96 valence electrons. The molecular formula is C12H12BrNO2S2. The zero-order chi connectivity index (χ0) is 13.3. The minimum Gasteiger partial charge on any atom is -0.465 e. The van der Waals surface area contributed by atoms with E-state index in [1.807, 2.05) is 19.1 Å². The zero-order valence-electron chi connectivity index (χ0n) is 9.95. The number of nitrogens with two attached hydrogens (primary N) is 1. The largest absolute Gasteiger partial charge is 0.465 e. The van der Waals surface area contributed by atoms with Gasteiger partial charge in [0.05, 0.1) is 21.5 Å². The van der Waals surface area contributed by atoms with E-state index in [0.29, 0.717) is 10.6 Å². The highest BCUT2D eigenvalue weighted by Gasteiger charge is 2.21. The second-order valence-corrected chi connectivity index (χ2v) is 7.09. The summed E-state index contributed by atoms with van der Waals surface area (Å²) in [5.74, 6) is -0.367. The minimum atomic E-state index is -0.367. The van der Waals surface area contributed by atoms with E-state index in [2.05, 4.69) is 15.9 Å². The van der Waals surface area contributed by atoms with Gasteiger partial charge < -0.3 is 10.5 Å². The number of rotatable bonds is 3. The molecule has 2 aromatic heterocycles. The van der Waals surface area contributed by atoms with Crippen LogP contribution >= 0.6 is 38.6 Å². The van der Waals surface area contributed by atoms with E-state index >= 15 is 0 Å². The first-order valence-corrected chi connectivity index (χ1v) is 7.76. The summed E-state index contributed by atoms with van der Waals surface area (Å²) in [5, 5.41) is 0. The van der Waals surface area contributed by atoms with Gasteiger partial charge in [-0.25, -0.2) is 4.79 Å². The number of ether oxygens (including phenoxy) is 1. The number of carbonyl (C=O) groups is 1. The predicted octanol–water partition coefficient (Wildman–Crippen LogP) is 4.17. The Morgan fingerprint density at radius 2 is 2.17 bits per heavy atom. The van der Waals surface area contributed by atoms with Crippen LogP contribution in [0.3, 0.4) is 0 Å². The van der Waals surface area contributed by atoms with E-state index in [-0.39, 0.29) is 5.97 Å². The Labute approximate surface area is 122 Å². The Kier molecular flexibility index (Phi) is 4.09. The summed E-state index contributed by atoms with van der Waals surface area (Å²) in [5.41, 5.74) is 7.61. The van der Waals surface area contributed by atoms with Crippen LogP contribution < -0.4 is 5.73 Å². The predicted molar refractivity (Wildman–Crippen MR) is 80.5 cm³/mol. The fourth-order valence-electron chi connectivity index (χ4n) is 1.71. The monoisotopic (exact) mass is 345 g/mol. The average Bonchev–Trinajstić information content (AvgIpc) is 2.92. The lowest BCUT2D eigenvalue weighted by Gasteiger charge is -1.99. The van der Waals surface area contributed by atoms with E-state index in [1.54, 1.807) is 11.3 Å². The standard InChI is InChI=1S/C12H12BrNO2S2/c1-3-6-9(14)11(12(15)16-2)18-10(6)7-4-5-8(13)17-7/h4-5H,3,14H2,1-2H3. The van der Waals surface area contributed by atoms with Crippen molar-refractivity contribution >= 4 is 50.3 Å². The molecule has 2 rings (SSSR count). The Morgan fingerprint density at radius 1 is 1.44 bits per heavy atom. The lowest BCUT2D eigenvalue weighted by Crippen LogP contribution is -2.02. The topological polar surface area (TPSA) is 52.3 Å². The van der Waals surface area contributed by atoms with Crippen LogP contribution in [0.1, 0.15) is 22.2 Å². The van der Waals surface area contributed by atoms with Crippen LogP contribution in [0, 0.1) is 0 Å². The fourth-order valence-corrected chi connectivity index (χ4v) is 4.46. The molecule has 0 radical (unpaired) electrons. The molecule has 2 aromatic rings. The van der Waals surface area contributed by atoms with E-state index in [4.69, 9.17) is 10.5 Å². The smallest absolute Gasteiger partial charge is 0.350 e. The van der Waals surface area contributed by atoms with Crippen LogP contribution in [0.25, 0.3) is 9.75 Å². The van der Waals surface area contributed by atoms with E-state index in [9.17, 15) is 4.79 Å². The van der Waals surface area contributed by atoms with Gasteiger partial charge in [0.2, 0.25) is 0 Å². The van der Waals surface area contributed by atoms with Gasteiger partial charge in [-0.2, -0.15) is 0 Å². The number of hydrogen-bond acceptors (Lipinski definition) is 5. The Bertz CT molecular complexity index is 589. The third kappa shape index (κ3) is 2.32. The normalized spacial score (nSPS) is 10.6. The van der Waals surface area contributed by atoms with Crippen LogP contribution in [0.15, 0.2) is 15.9 Å². The number of thiophene rings is 2. The van der Waals surface area contributed by atoms with Gasteiger partial charge >= 0.3 is 5.97 Å². The molecule has 6 heteroatoms. The summed E-state index contributed by atoms with van der Waals surface area (Å²) in [7, 11) is 1.37. The third-order valence-corrected chi connectivity index (χ3v) is 5.60. The van der Waals surface area contributed by atoms with Gasteiger partial charge in [0.25, 0.3) is 0 Å². The molecule has 0 saturated heterocycles. The van der Waals surface area contributed by atoms with E-state index < -0.39 is 0 Å². The van der Waals surface area contributed by atoms with Crippen LogP contribution in [0.2, 0.25) is 0 Å². The van der Waals surface area contributed by atoms with Crippen molar-refractivity contribution in [1.82, 2.24) is 0 Å². The van der Waals surface area contributed by atoms with Crippen molar-refractivity contribution in [3.8, 4) is 9.75 Å². The van der Waals surface area contributed by atoms with Crippen molar-refractivity contribution in [2.75, 3.05) is 12.8 Å². The number of hydrogen-bond donors (Lipinski definition) is 1. The second-order valence-electron chi connectivity index (χ2n) is 3.60. The maximum absolute atomic E-state index is 11.7. The number of anilines is 1. The number of methoxy groups -OCH3 is 1. The van der Waals surface area contributed by atoms with Gasteiger partial charge in [0.15, 0.2) is 0 Å². The molecule has 0 bridgehead atoms. The summed E-state index contributed by atoms with van der Waals surface area (Å²) in [6, 6.07) is 4.02. The van der Waals surface area contributed by atoms with Gasteiger partial charge in [0, 0.05) is 4.88 Å². The van der Waals surface area contributed by atoms with Gasteiger partial charge in [-0.3, -0.25) is 0 Å². The second kappa shape index (κ2) is 5.42. The lowest BCUT2D eigenvalue weighted by atomic mass is 10.1. The first kappa shape index (κ1) is 13.6. The van der Waals surface area contributed by atoms with Crippen molar-refractivity contribution in [3.05, 3.63) is 26.4 Å². The number of carbonyl (C=O) groups excluding carboxylic acids is 1. The molecule has 2 N–H and O–H groups in total. The summed E-state index contributed by atoms with van der Waals surface area (Å²) in [6.45, 7) is 2.03. The number of nitrogen functional groups attached to an aromatic ring is 1. The molecular weight excluding hydrogens is 334 g/mol. The molecule has 2 heterocycles. The molecule has 0 aromatic carbocycles. The van der Waals surface area contributed by atoms with Gasteiger partial charge in [-0.1, -0.05) is 6.92 Å². The molecule has 0 saturated carbocycles. The number of halogens is 1. The van der Waals surface area contributed by atoms with Crippen molar-refractivity contribution in [2.24, 2.45) is 0 Å². The van der Waals surface area contributed by atoms with Crippen molar-refractivity contribution < 1.29 is 9.53 Å². The first-order chi connectivity index (χ1) is 8.58. The molecule has 0 atom stereocenters. The highest BCUT2D eigenvalue weighted by atomic mass is 79.9. The summed E-state index contributed by atoms with van der Waals surface area (Å²) in [4.78, 5) is 14.3. The van der Waals surface area contributed by atoms with Gasteiger partial charge in [0.1, 0.15) is 4.88 Å². The fraction of sp³-hybridized carbons (Fsp3) is 0.250. The highest BCUT2D eigenvalue weighted by Crippen LogP contribution is 2.42. The van der Waals surface area contributed by atoms with E-state index in [0.717, 1.165) is 25.5 Å². The Balaban J connectivity index is 2.57. The third-order valence-electron chi connectivity index (χ3n) is 2.57. The number of esters is 1. The molecule has 0 aliphatic heterocycles. The van der Waals surface area contributed by atoms with Crippen molar-refractivity contribution in [3.63, 3.8) is 0 Å². The summed E-state index contributed by atoms with van der Waals surface area (Å²) < 4.78 is 5.82. The molecule has 0 spiro atoms. The Hall–Kier alpha value is -0.850. The molecule has 0 fully saturated rings. The van der Waals surface area contributed by atoms with Gasteiger partial charge in [-0.15, -0.1) is 22.7 Å². The van der Waals surface area contributed by atoms with Crippen LogP contribution in [0.4, 0.5) is 5.69 Å². The zero-order valence-corrected chi connectivity index (χ0v) is 13.2. The molecule has 3 nitrogen and oxygen atoms in total. The molecule has 18 heavy (non-hydrogen) atoms. The summed E-state index contributed by atoms with van der Waals surface area (Å²) in [6.07, 6.45) is 0.796. The first-order valence-electron chi connectivity index (χ1n) is 5.33. The molecule has 0 aliphatic rings. The highest BCUT2D eigenvalue weighted by molar-refractivity contribution is 9.11. The quantitative estimate of drug-likeness (QED) is 0.849. The Morgan fingerprint density at radius 3 is 2.67 bits per heavy atom. The summed E-state index contributed by atoms with van der Waals surface area (Å²) >= 11 is 6.48. The maximum Gasteiger partial charge on any atom is 0.350 e. The lowest BCUT2D eigenvalue weighted by molar-refractivity contribution is 0.0607. The molecule has 0 amide bonds. The molecule has 0 aliphatic carbocycles.